The Morgan fingerprint density at radius 3 is 1.03 bits per heavy atom. The van der Waals surface area contributed by atoms with Crippen molar-refractivity contribution in [1.82, 2.24) is 0 Å². The molecular weight excluding hydrogens is 808 g/mol. The quantitative estimate of drug-likeness (QED) is 0.146. The SMILES string of the molecule is CC1OC(O)C(O)[C@@H](O)[C@H]1O.CC1O[C@@H](C)C(O)C(O)[C@H]1O.CC1O[C@@H](C)C(O)[C@@H](O)[C@H]1C.CC1O[C@@H](C)C2OC(C)(C)O[C@H]2[C@H]1C.CC1O[C@@H](C)C2OC(C)(C)O[C@H]2[C@H]1O. The molecule has 0 saturated carbocycles. The number of hydrogen-bond acceptors (Lipinski definition) is 19. The van der Waals surface area contributed by atoms with E-state index in [1.807, 2.05) is 55.4 Å². The number of rotatable bonds is 0. The molecule has 0 amide bonds. The summed E-state index contributed by atoms with van der Waals surface area (Å²) in [6.45, 7) is 28.2. The van der Waals surface area contributed by atoms with Crippen molar-refractivity contribution in [3.63, 3.8) is 0 Å². The van der Waals surface area contributed by atoms with Gasteiger partial charge in [-0.3, -0.25) is 0 Å². The summed E-state index contributed by atoms with van der Waals surface area (Å²) in [5.41, 5.74) is 0. The average molecular weight is 889 g/mol. The second kappa shape index (κ2) is 22.2. The Morgan fingerprint density at radius 2 is 0.557 bits per heavy atom. The summed E-state index contributed by atoms with van der Waals surface area (Å²) in [5, 5.41) is 92.3. The molecule has 7 aliphatic heterocycles. The third kappa shape index (κ3) is 13.7. The molecule has 0 aliphatic carbocycles. The molecular formula is C42H80O19. The molecule has 7 rings (SSSR count). The van der Waals surface area contributed by atoms with Crippen LogP contribution < -0.4 is 0 Å². The number of aliphatic hydroxyl groups excluding tert-OH is 10. The van der Waals surface area contributed by atoms with E-state index in [2.05, 4.69) is 25.5 Å². The zero-order valence-corrected chi connectivity index (χ0v) is 38.6. The van der Waals surface area contributed by atoms with E-state index in [-0.39, 0.29) is 67.0 Å². The zero-order chi connectivity index (χ0) is 46.8. The van der Waals surface area contributed by atoms with Crippen molar-refractivity contribution in [1.29, 1.82) is 0 Å². The summed E-state index contributed by atoms with van der Waals surface area (Å²) in [6, 6.07) is 0. The van der Waals surface area contributed by atoms with Crippen LogP contribution in [0.1, 0.15) is 104 Å². The maximum atomic E-state index is 9.87. The van der Waals surface area contributed by atoms with Gasteiger partial charge in [0, 0.05) is 11.8 Å². The first-order valence-electron chi connectivity index (χ1n) is 21.7. The lowest BCUT2D eigenvalue weighted by atomic mass is 9.89. The predicted molar refractivity (Wildman–Crippen MR) is 217 cm³/mol. The van der Waals surface area contributed by atoms with Gasteiger partial charge >= 0.3 is 0 Å². The Morgan fingerprint density at radius 1 is 0.262 bits per heavy atom. The van der Waals surface area contributed by atoms with E-state index in [0.717, 1.165) is 0 Å². The topological polar surface area (TPSA) is 285 Å². The van der Waals surface area contributed by atoms with Crippen molar-refractivity contribution < 1.29 is 93.7 Å². The van der Waals surface area contributed by atoms with Gasteiger partial charge in [0.25, 0.3) is 0 Å². The summed E-state index contributed by atoms with van der Waals surface area (Å²) in [6.07, 6.45) is -12.0. The van der Waals surface area contributed by atoms with Gasteiger partial charge in [0.15, 0.2) is 17.9 Å². The van der Waals surface area contributed by atoms with Gasteiger partial charge < -0.3 is 93.7 Å². The first kappa shape index (κ1) is 54.6. The fourth-order valence-corrected chi connectivity index (χ4v) is 8.30. The molecule has 0 aromatic rings. The standard InChI is InChI=1S/C11H20O3.C10H18O4.C8H16O3.C7H14O4.C6H12O5/c1-6-7(2)12-8(3)10-9(6)13-11(4,5)14-10;1-5-7(11)9-8(6(2)12-5)13-10(3,4)14-9;1-4-5(2)11-6(3)8(10)7(4)9;1-3-5(8)7(10)6(9)4(2)11-3;1-2-3(7)4(8)5(9)6(10)11-2/h6-10H,1-5H3;5-9,11H,1-4H3;4-10H,1-3H3;3-10H,1-2H3;2-10H,1H3/t6-,7?,8-,9-,10?;5?,6-,7-,8?,9-;4-,5?,6-,7-,8?;3-,4?,5?,6-,7?;2?,3-,4-,5?,6?/m00000/s1. The van der Waals surface area contributed by atoms with Gasteiger partial charge in [-0.1, -0.05) is 13.8 Å². The average Bonchev–Trinajstić information content (AvgIpc) is 3.71. The minimum atomic E-state index is -1.43. The van der Waals surface area contributed by atoms with E-state index in [1.54, 1.807) is 20.8 Å². The highest BCUT2D eigenvalue weighted by Crippen LogP contribution is 2.40. The molecule has 0 spiro atoms. The van der Waals surface area contributed by atoms with Crippen LogP contribution in [0.15, 0.2) is 0 Å². The smallest absolute Gasteiger partial charge is 0.183 e. The van der Waals surface area contributed by atoms with Crippen molar-refractivity contribution in [3.05, 3.63) is 0 Å². The molecule has 61 heavy (non-hydrogen) atoms. The van der Waals surface area contributed by atoms with E-state index in [4.69, 9.17) is 58.3 Å². The molecule has 0 aromatic heterocycles. The Labute approximate surface area is 361 Å². The maximum absolute atomic E-state index is 9.87. The van der Waals surface area contributed by atoms with Gasteiger partial charge in [0.05, 0.1) is 67.1 Å². The Hall–Kier alpha value is -0.760. The fourth-order valence-electron chi connectivity index (χ4n) is 8.30. The second-order valence-corrected chi connectivity index (χ2v) is 18.7. The van der Waals surface area contributed by atoms with Crippen molar-refractivity contribution in [2.24, 2.45) is 11.8 Å². The fraction of sp³-hybridized carbons (Fsp3) is 1.00. The molecule has 19 heteroatoms. The largest absolute Gasteiger partial charge is 0.390 e. The summed E-state index contributed by atoms with van der Waals surface area (Å²) < 4.78 is 49.6. The monoisotopic (exact) mass is 889 g/mol. The predicted octanol–water partition coefficient (Wildman–Crippen LogP) is -0.542. The van der Waals surface area contributed by atoms with Crippen molar-refractivity contribution >= 4 is 0 Å². The molecule has 0 aromatic carbocycles. The van der Waals surface area contributed by atoms with Crippen molar-refractivity contribution in [3.8, 4) is 0 Å². The molecule has 7 fully saturated rings. The third-order valence-electron chi connectivity index (χ3n) is 12.6. The van der Waals surface area contributed by atoms with Crippen LogP contribution in [0.5, 0.6) is 0 Å². The summed E-state index contributed by atoms with van der Waals surface area (Å²) in [4.78, 5) is 0. The lowest BCUT2D eigenvalue weighted by Crippen LogP contribution is -2.56. The number of ether oxygens (including phenoxy) is 9. The van der Waals surface area contributed by atoms with Gasteiger partial charge in [0.1, 0.15) is 67.1 Å². The van der Waals surface area contributed by atoms with Gasteiger partial charge in [-0.05, 0) is 90.0 Å². The second-order valence-electron chi connectivity index (χ2n) is 18.7. The van der Waals surface area contributed by atoms with Gasteiger partial charge in [-0.2, -0.15) is 0 Å². The van der Waals surface area contributed by atoms with Gasteiger partial charge in [0.2, 0.25) is 0 Å². The first-order valence-corrected chi connectivity index (χ1v) is 21.7. The lowest BCUT2D eigenvalue weighted by molar-refractivity contribution is -0.277. The van der Waals surface area contributed by atoms with Gasteiger partial charge in [-0.25, -0.2) is 0 Å². The molecule has 19 nitrogen and oxygen atoms in total. The van der Waals surface area contributed by atoms with Crippen LogP contribution in [0.3, 0.4) is 0 Å². The lowest BCUT2D eigenvalue weighted by Gasteiger charge is -2.38. The first-order chi connectivity index (χ1) is 27.9. The minimum Gasteiger partial charge on any atom is -0.390 e. The molecule has 7 aliphatic rings. The highest BCUT2D eigenvalue weighted by Gasteiger charge is 2.53. The minimum absolute atomic E-state index is 0.0150. The molecule has 10 N–H and O–H groups in total. The number of aliphatic hydroxyl groups is 10. The maximum Gasteiger partial charge on any atom is 0.183 e. The van der Waals surface area contributed by atoms with Crippen LogP contribution in [0.2, 0.25) is 0 Å². The van der Waals surface area contributed by atoms with E-state index >= 15 is 0 Å². The van der Waals surface area contributed by atoms with E-state index in [0.29, 0.717) is 5.92 Å². The summed E-state index contributed by atoms with van der Waals surface area (Å²) in [5.74, 6) is -0.650. The Bertz CT molecular complexity index is 1140. The zero-order valence-electron chi connectivity index (χ0n) is 38.6. The third-order valence-corrected chi connectivity index (χ3v) is 12.6. The number of fused-ring (bicyclic) bond motifs is 2. The van der Waals surface area contributed by atoms with Crippen LogP contribution in [0, 0.1) is 11.8 Å². The van der Waals surface area contributed by atoms with Crippen molar-refractivity contribution in [2.45, 2.75) is 256 Å². The van der Waals surface area contributed by atoms with Crippen molar-refractivity contribution in [2.75, 3.05) is 0 Å². The van der Waals surface area contributed by atoms with Crippen LogP contribution in [-0.4, -0.2) is 203 Å². The van der Waals surface area contributed by atoms with E-state index in [1.165, 1.54) is 6.92 Å². The number of hydrogen-bond donors (Lipinski definition) is 10. The normalized spacial score (nSPS) is 52.2. The highest BCUT2D eigenvalue weighted by molar-refractivity contribution is 4.97. The summed E-state index contributed by atoms with van der Waals surface area (Å²) in [7, 11) is 0. The molecule has 7 saturated heterocycles. The Balaban J connectivity index is 0.000000204. The molecule has 0 bridgehead atoms. The van der Waals surface area contributed by atoms with E-state index < -0.39 is 91.1 Å². The van der Waals surface area contributed by atoms with Crippen LogP contribution in [0.25, 0.3) is 0 Å². The molecule has 12 unspecified atom stereocenters. The highest BCUT2D eigenvalue weighted by atomic mass is 16.8. The Kier molecular flexibility index (Phi) is 19.8. The molecule has 362 valence electrons. The van der Waals surface area contributed by atoms with Gasteiger partial charge in [-0.15, -0.1) is 0 Å². The molecule has 25 atom stereocenters. The summed E-state index contributed by atoms with van der Waals surface area (Å²) >= 11 is 0. The molecule has 7 heterocycles. The van der Waals surface area contributed by atoms with Crippen LogP contribution in [0.4, 0.5) is 0 Å². The molecule has 0 radical (unpaired) electrons. The van der Waals surface area contributed by atoms with Crippen LogP contribution >= 0.6 is 0 Å². The van der Waals surface area contributed by atoms with E-state index in [9.17, 15) is 30.6 Å². The van der Waals surface area contributed by atoms with Crippen LogP contribution in [-0.2, 0) is 42.6 Å².